The van der Waals surface area contributed by atoms with Gasteiger partial charge in [-0.05, 0) is 12.8 Å². The maximum absolute atomic E-state index is 13.0. The van der Waals surface area contributed by atoms with Crippen LogP contribution in [0.25, 0.3) is 0 Å². The smallest absolute Gasteiger partial charge is 0.341 e. The average molecular weight is 244 g/mol. The number of aliphatic carboxylic acids is 1. The van der Waals surface area contributed by atoms with Crippen LogP contribution in [0.5, 0.6) is 0 Å². The number of unbranched alkanes of at least 4 members (excludes halogenated alkanes) is 3. The van der Waals surface area contributed by atoms with Crippen molar-refractivity contribution < 1.29 is 27.5 Å². The fourth-order valence-electron chi connectivity index (χ4n) is 1.27. The molecule has 0 aliphatic heterocycles. The highest BCUT2D eigenvalue weighted by Gasteiger charge is 2.34. The van der Waals surface area contributed by atoms with Crippen molar-refractivity contribution in [3.63, 3.8) is 0 Å². The number of hydrogen-bond acceptors (Lipinski definition) is 1. The summed E-state index contributed by atoms with van der Waals surface area (Å²) in [5.74, 6) is -1.99. The van der Waals surface area contributed by atoms with Crippen LogP contribution in [0, 0.1) is 0 Å². The molecule has 96 valence electrons. The fraction of sp³-hybridized carbons (Fsp3) is 0.900. The normalized spacial score (nSPS) is 16.8. The molecule has 0 heterocycles. The third kappa shape index (κ3) is 5.92. The van der Waals surface area contributed by atoms with E-state index in [4.69, 9.17) is 5.11 Å². The summed E-state index contributed by atoms with van der Waals surface area (Å²) >= 11 is 0. The van der Waals surface area contributed by atoms with Crippen molar-refractivity contribution in [3.8, 4) is 0 Å². The molecule has 0 aromatic rings. The molecule has 3 unspecified atom stereocenters. The molecular formula is C10H16F4O2. The van der Waals surface area contributed by atoms with Gasteiger partial charge in [-0.25, -0.2) is 18.0 Å². The summed E-state index contributed by atoms with van der Waals surface area (Å²) in [4.78, 5) is 10.0. The molecule has 2 nitrogen and oxygen atoms in total. The van der Waals surface area contributed by atoms with Gasteiger partial charge in [-0.1, -0.05) is 19.3 Å². The second kappa shape index (κ2) is 8.35. The van der Waals surface area contributed by atoms with Crippen molar-refractivity contribution in [2.24, 2.45) is 0 Å². The van der Waals surface area contributed by atoms with Gasteiger partial charge in [0.1, 0.15) is 6.17 Å². The molecule has 0 spiro atoms. The van der Waals surface area contributed by atoms with E-state index in [1.165, 1.54) is 0 Å². The van der Waals surface area contributed by atoms with Crippen molar-refractivity contribution in [1.82, 2.24) is 0 Å². The molecule has 0 bridgehead atoms. The molecule has 0 aromatic carbocycles. The zero-order valence-corrected chi connectivity index (χ0v) is 8.84. The molecule has 0 fully saturated rings. The van der Waals surface area contributed by atoms with Crippen LogP contribution in [0.4, 0.5) is 17.6 Å². The second-order valence-corrected chi connectivity index (χ2v) is 3.59. The highest BCUT2D eigenvalue weighted by Crippen LogP contribution is 2.18. The first kappa shape index (κ1) is 15.2. The van der Waals surface area contributed by atoms with Gasteiger partial charge < -0.3 is 5.11 Å². The Kier molecular flexibility index (Phi) is 7.93. The van der Waals surface area contributed by atoms with E-state index >= 15 is 0 Å². The van der Waals surface area contributed by atoms with Gasteiger partial charge in [0, 0.05) is 0 Å². The maximum Gasteiger partial charge on any atom is 0.341 e. The molecule has 0 amide bonds. The number of halogens is 4. The number of rotatable bonds is 9. The van der Waals surface area contributed by atoms with E-state index in [9.17, 15) is 22.4 Å². The Morgan fingerprint density at radius 2 is 1.62 bits per heavy atom. The minimum absolute atomic E-state index is 0.235. The van der Waals surface area contributed by atoms with Crippen molar-refractivity contribution >= 4 is 5.97 Å². The van der Waals surface area contributed by atoms with Gasteiger partial charge in [0.15, 0.2) is 6.17 Å². The first-order chi connectivity index (χ1) is 7.50. The topological polar surface area (TPSA) is 37.3 Å². The van der Waals surface area contributed by atoms with Crippen LogP contribution in [0.1, 0.15) is 32.1 Å². The molecule has 1 N–H and O–H groups in total. The summed E-state index contributed by atoms with van der Waals surface area (Å²) in [6, 6.07) is 0. The summed E-state index contributed by atoms with van der Waals surface area (Å²) < 4.78 is 50.0. The predicted molar refractivity (Wildman–Crippen MR) is 51.4 cm³/mol. The summed E-state index contributed by atoms with van der Waals surface area (Å²) in [7, 11) is 0. The predicted octanol–water partition coefficient (Wildman–Crippen LogP) is 3.01. The van der Waals surface area contributed by atoms with E-state index in [2.05, 4.69) is 0 Å². The van der Waals surface area contributed by atoms with Crippen molar-refractivity contribution in [3.05, 3.63) is 0 Å². The number of alkyl halides is 4. The van der Waals surface area contributed by atoms with Gasteiger partial charge >= 0.3 is 5.97 Å². The van der Waals surface area contributed by atoms with Crippen molar-refractivity contribution in [1.29, 1.82) is 0 Å². The molecular weight excluding hydrogens is 228 g/mol. The van der Waals surface area contributed by atoms with Crippen LogP contribution in [0.2, 0.25) is 0 Å². The summed E-state index contributed by atoms with van der Waals surface area (Å²) in [6.45, 7) is -0.448. The molecule has 0 radical (unpaired) electrons. The largest absolute Gasteiger partial charge is 0.479 e. The minimum atomic E-state index is -2.82. The molecule has 0 aliphatic carbocycles. The Balaban J connectivity index is 3.70. The quantitative estimate of drug-likeness (QED) is 0.500. The van der Waals surface area contributed by atoms with E-state index in [-0.39, 0.29) is 6.42 Å². The molecule has 0 saturated heterocycles. The average Bonchev–Trinajstić information content (AvgIpc) is 2.26. The Morgan fingerprint density at radius 1 is 1.06 bits per heavy atom. The Bertz CT molecular complexity index is 201. The third-order valence-electron chi connectivity index (χ3n) is 2.22. The van der Waals surface area contributed by atoms with Crippen LogP contribution >= 0.6 is 0 Å². The minimum Gasteiger partial charge on any atom is -0.479 e. The van der Waals surface area contributed by atoms with E-state index in [1.54, 1.807) is 0 Å². The number of carboxylic acid groups (broad SMARTS) is 1. The van der Waals surface area contributed by atoms with Gasteiger partial charge in [-0.3, -0.25) is 4.39 Å². The number of hydrogen-bond donors (Lipinski definition) is 1. The Morgan fingerprint density at radius 3 is 2.12 bits per heavy atom. The van der Waals surface area contributed by atoms with Gasteiger partial charge in [0.25, 0.3) is 0 Å². The van der Waals surface area contributed by atoms with Crippen LogP contribution in [-0.2, 0) is 4.79 Å². The second-order valence-electron chi connectivity index (χ2n) is 3.59. The molecule has 0 rings (SSSR count). The lowest BCUT2D eigenvalue weighted by Gasteiger charge is -2.14. The van der Waals surface area contributed by atoms with Gasteiger partial charge in [0.05, 0.1) is 6.67 Å². The van der Waals surface area contributed by atoms with E-state index in [1.807, 2.05) is 0 Å². The summed E-state index contributed by atoms with van der Waals surface area (Å²) in [5, 5.41) is 8.12. The number of carbonyl (C=O) groups is 1. The monoisotopic (exact) mass is 244 g/mol. The summed E-state index contributed by atoms with van der Waals surface area (Å²) in [6.07, 6.45) is -6.03. The first-order valence-electron chi connectivity index (χ1n) is 5.21. The van der Waals surface area contributed by atoms with E-state index in [0.717, 1.165) is 0 Å². The number of carboxylic acids is 1. The Hall–Kier alpha value is -0.810. The lowest BCUT2D eigenvalue weighted by molar-refractivity contribution is -0.146. The SMILES string of the molecule is O=C(O)C(F)C(F)C(F)CCCCCCF. The van der Waals surface area contributed by atoms with Crippen molar-refractivity contribution in [2.75, 3.05) is 6.67 Å². The molecule has 6 heteroatoms. The van der Waals surface area contributed by atoms with Crippen LogP contribution in [0.15, 0.2) is 0 Å². The third-order valence-corrected chi connectivity index (χ3v) is 2.22. The lowest BCUT2D eigenvalue weighted by atomic mass is 10.0. The van der Waals surface area contributed by atoms with Gasteiger partial charge in [-0.15, -0.1) is 0 Å². The molecule has 0 aliphatic rings. The van der Waals surface area contributed by atoms with Gasteiger partial charge in [-0.2, -0.15) is 0 Å². The standard InChI is InChI=1S/C10H16F4O2/c11-6-4-2-1-3-5-7(12)8(13)9(14)10(15)16/h7-9H,1-6H2,(H,15,16). The fourth-order valence-corrected chi connectivity index (χ4v) is 1.27. The Labute approximate surface area is 91.6 Å². The van der Waals surface area contributed by atoms with Crippen LogP contribution in [-0.4, -0.2) is 36.3 Å². The molecule has 0 aromatic heterocycles. The van der Waals surface area contributed by atoms with Crippen molar-refractivity contribution in [2.45, 2.75) is 50.6 Å². The highest BCUT2D eigenvalue weighted by atomic mass is 19.2. The zero-order chi connectivity index (χ0) is 12.6. The molecule has 0 saturated carbocycles. The maximum atomic E-state index is 13.0. The summed E-state index contributed by atoms with van der Waals surface area (Å²) in [5.41, 5.74) is 0. The van der Waals surface area contributed by atoms with E-state index in [0.29, 0.717) is 25.7 Å². The molecule has 3 atom stereocenters. The molecule has 16 heavy (non-hydrogen) atoms. The van der Waals surface area contributed by atoms with Crippen LogP contribution < -0.4 is 0 Å². The van der Waals surface area contributed by atoms with Crippen LogP contribution in [0.3, 0.4) is 0 Å². The zero-order valence-electron chi connectivity index (χ0n) is 8.84. The highest BCUT2D eigenvalue weighted by molar-refractivity contribution is 5.72. The lowest BCUT2D eigenvalue weighted by Crippen LogP contribution is -2.34. The van der Waals surface area contributed by atoms with Gasteiger partial charge in [0.2, 0.25) is 6.17 Å². The van der Waals surface area contributed by atoms with E-state index < -0.39 is 31.2 Å². The first-order valence-corrected chi connectivity index (χ1v) is 5.21.